The highest BCUT2D eigenvalue weighted by atomic mass is 35.5. The molecular formula is C15H16ClNO4. The van der Waals surface area contributed by atoms with E-state index >= 15 is 0 Å². The number of benzene rings is 1. The number of ketones is 1. The van der Waals surface area contributed by atoms with Crippen molar-refractivity contribution in [3.63, 3.8) is 0 Å². The fourth-order valence-corrected chi connectivity index (χ4v) is 2.57. The van der Waals surface area contributed by atoms with E-state index in [0.29, 0.717) is 23.7 Å². The van der Waals surface area contributed by atoms with Crippen molar-refractivity contribution in [3.8, 4) is 0 Å². The maximum Gasteiger partial charge on any atom is 0.316 e. The average Bonchev–Trinajstić information content (AvgIpc) is 2.68. The van der Waals surface area contributed by atoms with Gasteiger partial charge in [0.1, 0.15) is 11.7 Å². The third-order valence-corrected chi connectivity index (χ3v) is 3.78. The van der Waals surface area contributed by atoms with Crippen molar-refractivity contribution in [1.29, 1.82) is 0 Å². The second-order valence-electron chi connectivity index (χ2n) is 4.88. The molecule has 1 unspecified atom stereocenters. The highest BCUT2D eigenvalue weighted by Crippen LogP contribution is 2.19. The number of Topliss-reactive ketones (excluding diaryl/α,β-unsaturated/α-hetero) is 1. The molecule has 2 rings (SSSR count). The number of halogens is 1. The Hall–Kier alpha value is -1.88. The van der Waals surface area contributed by atoms with E-state index in [2.05, 4.69) is 4.74 Å². The standard InChI is InChI=1S/C15H16ClNO4/c1-21-15(20)12-5-7-17(8-6-13(12)18)14(19)10-3-2-4-11(16)9-10/h2-4,9,12H,5-8H2,1H3. The molecule has 112 valence electrons. The van der Waals surface area contributed by atoms with Gasteiger partial charge in [-0.2, -0.15) is 0 Å². The fourth-order valence-electron chi connectivity index (χ4n) is 2.38. The number of carbonyl (C=O) groups is 3. The van der Waals surface area contributed by atoms with Crippen molar-refractivity contribution in [2.75, 3.05) is 20.2 Å². The molecule has 21 heavy (non-hydrogen) atoms. The summed E-state index contributed by atoms with van der Waals surface area (Å²) in [5.41, 5.74) is 0.478. The summed E-state index contributed by atoms with van der Waals surface area (Å²) in [5, 5.41) is 0.485. The predicted octanol–water partition coefficient (Wildman–Crippen LogP) is 1.93. The number of esters is 1. The molecule has 1 amide bonds. The zero-order chi connectivity index (χ0) is 15.4. The Labute approximate surface area is 127 Å². The first kappa shape index (κ1) is 15.5. The Morgan fingerprint density at radius 3 is 2.76 bits per heavy atom. The van der Waals surface area contributed by atoms with Gasteiger partial charge in [-0.3, -0.25) is 14.4 Å². The van der Waals surface area contributed by atoms with Crippen LogP contribution in [0.3, 0.4) is 0 Å². The van der Waals surface area contributed by atoms with Gasteiger partial charge in [0.25, 0.3) is 5.91 Å². The van der Waals surface area contributed by atoms with Crippen LogP contribution in [0.5, 0.6) is 0 Å². The van der Waals surface area contributed by atoms with E-state index in [1.165, 1.54) is 7.11 Å². The first-order chi connectivity index (χ1) is 10.0. The van der Waals surface area contributed by atoms with Gasteiger partial charge < -0.3 is 9.64 Å². The molecular weight excluding hydrogens is 294 g/mol. The van der Waals surface area contributed by atoms with Crippen LogP contribution in [-0.2, 0) is 14.3 Å². The topological polar surface area (TPSA) is 63.7 Å². The number of ether oxygens (including phenoxy) is 1. The molecule has 1 aliphatic heterocycles. The minimum atomic E-state index is -0.771. The Kier molecular flexibility index (Phi) is 4.96. The van der Waals surface area contributed by atoms with Gasteiger partial charge in [-0.05, 0) is 24.6 Å². The van der Waals surface area contributed by atoms with Crippen LogP contribution in [-0.4, -0.2) is 42.8 Å². The molecule has 0 radical (unpaired) electrons. The van der Waals surface area contributed by atoms with Gasteiger partial charge in [0.15, 0.2) is 0 Å². The highest BCUT2D eigenvalue weighted by molar-refractivity contribution is 6.30. The van der Waals surface area contributed by atoms with Crippen LogP contribution in [0.1, 0.15) is 23.2 Å². The van der Waals surface area contributed by atoms with E-state index in [9.17, 15) is 14.4 Å². The average molecular weight is 310 g/mol. The van der Waals surface area contributed by atoms with Crippen LogP contribution in [0, 0.1) is 5.92 Å². The van der Waals surface area contributed by atoms with Gasteiger partial charge in [-0.15, -0.1) is 0 Å². The van der Waals surface area contributed by atoms with Gasteiger partial charge in [0.2, 0.25) is 0 Å². The number of hydrogen-bond donors (Lipinski definition) is 0. The molecule has 0 saturated carbocycles. The minimum absolute atomic E-state index is 0.159. The van der Waals surface area contributed by atoms with Gasteiger partial charge in [-0.1, -0.05) is 17.7 Å². The van der Waals surface area contributed by atoms with E-state index in [4.69, 9.17) is 11.6 Å². The smallest absolute Gasteiger partial charge is 0.316 e. The van der Waals surface area contributed by atoms with Crippen molar-refractivity contribution in [1.82, 2.24) is 4.90 Å². The Balaban J connectivity index is 2.11. The summed E-state index contributed by atoms with van der Waals surface area (Å²) in [6.45, 7) is 0.647. The molecule has 1 saturated heterocycles. The lowest BCUT2D eigenvalue weighted by Gasteiger charge is -2.20. The summed E-state index contributed by atoms with van der Waals surface area (Å²) < 4.78 is 4.63. The van der Waals surface area contributed by atoms with E-state index < -0.39 is 11.9 Å². The normalized spacial score (nSPS) is 19.0. The Bertz CT molecular complexity index is 573. The predicted molar refractivity (Wildman–Crippen MR) is 77.1 cm³/mol. The molecule has 0 bridgehead atoms. The maximum absolute atomic E-state index is 12.4. The number of rotatable bonds is 2. The van der Waals surface area contributed by atoms with Gasteiger partial charge in [0, 0.05) is 30.1 Å². The number of likely N-dealkylation sites (tertiary alicyclic amines) is 1. The summed E-state index contributed by atoms with van der Waals surface area (Å²) in [6.07, 6.45) is 0.448. The van der Waals surface area contributed by atoms with E-state index in [1.807, 2.05) is 0 Å². The number of nitrogens with zero attached hydrogens (tertiary/aromatic N) is 1. The van der Waals surface area contributed by atoms with Crippen LogP contribution in [0.15, 0.2) is 24.3 Å². The fraction of sp³-hybridized carbons (Fsp3) is 0.400. The number of methoxy groups -OCH3 is 1. The summed E-state index contributed by atoms with van der Waals surface area (Å²) in [4.78, 5) is 37.4. The quantitative estimate of drug-likeness (QED) is 0.618. The van der Waals surface area contributed by atoms with Crippen molar-refractivity contribution in [2.45, 2.75) is 12.8 Å². The molecule has 5 nitrogen and oxygen atoms in total. The molecule has 1 aromatic carbocycles. The van der Waals surface area contributed by atoms with Crippen molar-refractivity contribution >= 4 is 29.3 Å². The molecule has 0 spiro atoms. The molecule has 0 aromatic heterocycles. The van der Waals surface area contributed by atoms with Gasteiger partial charge in [-0.25, -0.2) is 0 Å². The van der Waals surface area contributed by atoms with Gasteiger partial charge in [0.05, 0.1) is 7.11 Å². The lowest BCUT2D eigenvalue weighted by atomic mass is 10.00. The van der Waals surface area contributed by atoms with Gasteiger partial charge >= 0.3 is 5.97 Å². The molecule has 1 aromatic rings. The van der Waals surface area contributed by atoms with Crippen LogP contribution in [0.4, 0.5) is 0 Å². The Morgan fingerprint density at radius 1 is 1.33 bits per heavy atom. The number of carbonyl (C=O) groups excluding carboxylic acids is 3. The summed E-state index contributed by atoms with van der Waals surface area (Å²) in [5.74, 6) is -1.66. The molecule has 0 aliphatic carbocycles. The molecule has 1 aliphatic rings. The monoisotopic (exact) mass is 309 g/mol. The molecule has 1 heterocycles. The van der Waals surface area contributed by atoms with Crippen molar-refractivity contribution in [2.24, 2.45) is 5.92 Å². The zero-order valence-electron chi connectivity index (χ0n) is 11.7. The molecule has 1 atom stereocenters. The summed E-state index contributed by atoms with van der Waals surface area (Å²) in [7, 11) is 1.26. The largest absolute Gasteiger partial charge is 0.468 e. The number of amides is 1. The van der Waals surface area contributed by atoms with Crippen LogP contribution in [0.25, 0.3) is 0 Å². The highest BCUT2D eigenvalue weighted by Gasteiger charge is 2.32. The first-order valence-corrected chi connectivity index (χ1v) is 7.06. The SMILES string of the molecule is COC(=O)C1CCN(C(=O)c2cccc(Cl)c2)CCC1=O. The van der Waals surface area contributed by atoms with E-state index in [1.54, 1.807) is 29.2 Å². The number of hydrogen-bond acceptors (Lipinski definition) is 4. The van der Waals surface area contributed by atoms with Crippen LogP contribution < -0.4 is 0 Å². The van der Waals surface area contributed by atoms with Crippen LogP contribution in [0.2, 0.25) is 5.02 Å². The summed E-state index contributed by atoms with van der Waals surface area (Å²) in [6, 6.07) is 6.67. The molecule has 6 heteroatoms. The zero-order valence-corrected chi connectivity index (χ0v) is 12.4. The second kappa shape index (κ2) is 6.72. The third kappa shape index (κ3) is 3.61. The van der Waals surface area contributed by atoms with Crippen molar-refractivity contribution in [3.05, 3.63) is 34.9 Å². The summed E-state index contributed by atoms with van der Waals surface area (Å²) >= 11 is 5.88. The third-order valence-electron chi connectivity index (χ3n) is 3.55. The molecule has 1 fully saturated rings. The maximum atomic E-state index is 12.4. The first-order valence-electron chi connectivity index (χ1n) is 6.68. The Morgan fingerprint density at radius 2 is 2.10 bits per heavy atom. The van der Waals surface area contributed by atoms with Crippen molar-refractivity contribution < 1.29 is 19.1 Å². The van der Waals surface area contributed by atoms with Crippen LogP contribution >= 0.6 is 11.6 Å². The van der Waals surface area contributed by atoms with E-state index in [0.717, 1.165) is 0 Å². The second-order valence-corrected chi connectivity index (χ2v) is 5.32. The minimum Gasteiger partial charge on any atom is -0.468 e. The lowest BCUT2D eigenvalue weighted by Crippen LogP contribution is -2.32. The van der Waals surface area contributed by atoms with E-state index in [-0.39, 0.29) is 24.5 Å². The molecule has 0 N–H and O–H groups in total. The lowest BCUT2D eigenvalue weighted by molar-refractivity contribution is -0.149.